The van der Waals surface area contributed by atoms with E-state index in [4.69, 9.17) is 5.73 Å². The molecule has 3 heterocycles. The van der Waals surface area contributed by atoms with Crippen LogP contribution in [0.25, 0.3) is 21.3 Å². The molecule has 0 aliphatic rings. The molecule has 1 aromatic carbocycles. The van der Waals surface area contributed by atoms with Gasteiger partial charge in [0.2, 0.25) is 5.91 Å². The van der Waals surface area contributed by atoms with E-state index < -0.39 is 23.7 Å². The van der Waals surface area contributed by atoms with Gasteiger partial charge < -0.3 is 11.1 Å². The van der Waals surface area contributed by atoms with Gasteiger partial charge in [-0.2, -0.15) is 18.3 Å². The fourth-order valence-corrected chi connectivity index (χ4v) is 4.96. The monoisotopic (exact) mass is 613 g/mol. The van der Waals surface area contributed by atoms with Gasteiger partial charge in [0.25, 0.3) is 5.91 Å². The lowest BCUT2D eigenvalue weighted by Gasteiger charge is -2.13. The van der Waals surface area contributed by atoms with Gasteiger partial charge in [-0.25, -0.2) is 4.98 Å². The fraction of sp³-hybridized carbons (Fsp3) is 0.217. The highest BCUT2D eigenvalue weighted by Crippen LogP contribution is 2.43. The van der Waals surface area contributed by atoms with Crippen LogP contribution in [0.5, 0.6) is 0 Å². The van der Waals surface area contributed by atoms with Crippen molar-refractivity contribution in [1.82, 2.24) is 14.8 Å². The van der Waals surface area contributed by atoms with Crippen molar-refractivity contribution in [2.75, 3.05) is 5.32 Å². The van der Waals surface area contributed by atoms with Gasteiger partial charge in [-0.15, -0.1) is 11.3 Å². The number of nitrogens with two attached hydrogens (primary N) is 1. The molecule has 0 aliphatic carbocycles. The number of pyridine rings is 1. The van der Waals surface area contributed by atoms with E-state index in [-0.39, 0.29) is 39.3 Å². The Morgan fingerprint density at radius 2 is 1.89 bits per heavy atom. The molecule has 0 saturated carbocycles. The molecule has 0 bridgehead atoms. The highest BCUT2D eigenvalue weighted by molar-refractivity contribution is 14.1. The SMILES string of the molecule is Cc1ccc(-c2cc(C(F)(F)F)nc3sc(C(N)=O)c(NC(=O)CCn4cc(I)c(C)n4)c23)cc1. The summed E-state index contributed by atoms with van der Waals surface area (Å²) in [7, 11) is 0. The molecule has 0 saturated heterocycles. The van der Waals surface area contributed by atoms with Crippen LogP contribution in [0.1, 0.15) is 33.0 Å². The summed E-state index contributed by atoms with van der Waals surface area (Å²) >= 11 is 2.86. The van der Waals surface area contributed by atoms with E-state index in [0.717, 1.165) is 32.2 Å². The molecule has 182 valence electrons. The number of alkyl halides is 3. The van der Waals surface area contributed by atoms with Gasteiger partial charge in [-0.1, -0.05) is 29.8 Å². The highest BCUT2D eigenvalue weighted by atomic mass is 127. The molecule has 0 fully saturated rings. The van der Waals surface area contributed by atoms with Gasteiger partial charge in [0.15, 0.2) is 0 Å². The lowest BCUT2D eigenvalue weighted by molar-refractivity contribution is -0.140. The number of aromatic nitrogens is 3. The van der Waals surface area contributed by atoms with Crippen LogP contribution in [0.2, 0.25) is 0 Å². The van der Waals surface area contributed by atoms with Gasteiger partial charge in [0.1, 0.15) is 15.4 Å². The number of halogens is 4. The maximum absolute atomic E-state index is 13.6. The molecule has 12 heteroatoms. The average molecular weight is 613 g/mol. The molecule has 0 unspecified atom stereocenters. The van der Waals surface area contributed by atoms with Crippen LogP contribution in [0.15, 0.2) is 36.5 Å². The summed E-state index contributed by atoms with van der Waals surface area (Å²) in [5.74, 6) is -1.31. The number of fused-ring (bicyclic) bond motifs is 1. The molecule has 4 aromatic rings. The molecule has 0 spiro atoms. The minimum Gasteiger partial charge on any atom is -0.365 e. The highest BCUT2D eigenvalue weighted by Gasteiger charge is 2.35. The van der Waals surface area contributed by atoms with Crippen LogP contribution in [-0.2, 0) is 17.5 Å². The minimum absolute atomic E-state index is 0.0284. The van der Waals surface area contributed by atoms with Crippen molar-refractivity contribution in [2.24, 2.45) is 5.73 Å². The lowest BCUT2D eigenvalue weighted by atomic mass is 10.00. The number of hydrogen-bond acceptors (Lipinski definition) is 5. The third-order valence-electron chi connectivity index (χ3n) is 5.26. The number of carbonyl (C=O) groups is 2. The molecule has 2 amide bonds. The fourth-order valence-electron chi connectivity index (χ4n) is 3.52. The quantitative estimate of drug-likeness (QED) is 0.280. The average Bonchev–Trinajstić information content (AvgIpc) is 3.31. The van der Waals surface area contributed by atoms with Crippen LogP contribution in [-0.4, -0.2) is 26.6 Å². The number of hydrogen-bond donors (Lipinski definition) is 2. The molecule has 35 heavy (non-hydrogen) atoms. The lowest BCUT2D eigenvalue weighted by Crippen LogP contribution is -2.18. The van der Waals surface area contributed by atoms with E-state index >= 15 is 0 Å². The van der Waals surface area contributed by atoms with Crippen molar-refractivity contribution in [3.8, 4) is 11.1 Å². The summed E-state index contributed by atoms with van der Waals surface area (Å²) in [4.78, 5) is 28.6. The molecule has 7 nitrogen and oxygen atoms in total. The second-order valence-electron chi connectivity index (χ2n) is 7.89. The largest absolute Gasteiger partial charge is 0.433 e. The number of rotatable bonds is 6. The summed E-state index contributed by atoms with van der Waals surface area (Å²) in [6.07, 6.45) is -2.87. The number of nitrogens with zero attached hydrogens (tertiary/aromatic N) is 3. The smallest absolute Gasteiger partial charge is 0.365 e. The number of thiophene rings is 1. The van der Waals surface area contributed by atoms with E-state index in [0.29, 0.717) is 5.56 Å². The van der Waals surface area contributed by atoms with Crippen molar-refractivity contribution < 1.29 is 22.8 Å². The summed E-state index contributed by atoms with van der Waals surface area (Å²) < 4.78 is 43.4. The summed E-state index contributed by atoms with van der Waals surface area (Å²) in [6, 6.07) is 7.82. The Morgan fingerprint density at radius 3 is 2.46 bits per heavy atom. The Balaban J connectivity index is 1.80. The Hall–Kier alpha value is -3.00. The van der Waals surface area contributed by atoms with Crippen molar-refractivity contribution in [1.29, 1.82) is 0 Å². The minimum atomic E-state index is -4.70. The first-order valence-electron chi connectivity index (χ1n) is 10.3. The first-order valence-corrected chi connectivity index (χ1v) is 12.2. The number of carbonyl (C=O) groups excluding carboxylic acids is 2. The molecule has 3 aromatic heterocycles. The Bertz CT molecular complexity index is 1420. The van der Waals surface area contributed by atoms with E-state index in [1.54, 1.807) is 35.1 Å². The number of benzene rings is 1. The third-order valence-corrected chi connectivity index (χ3v) is 7.42. The first-order chi connectivity index (χ1) is 16.4. The zero-order chi connectivity index (χ0) is 25.5. The Labute approximate surface area is 215 Å². The van der Waals surface area contributed by atoms with E-state index in [2.05, 4.69) is 38.0 Å². The number of amides is 2. The van der Waals surface area contributed by atoms with Gasteiger partial charge in [0.05, 0.1) is 15.0 Å². The standard InChI is InChI=1S/C23H19F3IN5O2S/c1-11-3-5-13(6-4-11)14-9-16(23(24,25)26)29-22-18(14)19(20(35-22)21(28)34)30-17(33)7-8-32-10-15(27)12(2)31-32/h3-6,9-10H,7-8H2,1-2H3,(H2,28,34)(H,30,33). The summed E-state index contributed by atoms with van der Waals surface area (Å²) in [5.41, 5.74) is 6.93. The maximum Gasteiger partial charge on any atom is 0.433 e. The predicted molar refractivity (Wildman–Crippen MR) is 136 cm³/mol. The van der Waals surface area contributed by atoms with Crippen LogP contribution in [0.3, 0.4) is 0 Å². The predicted octanol–water partition coefficient (Wildman–Crippen LogP) is 5.53. The number of aryl methyl sites for hydroxylation is 3. The molecule has 0 atom stereocenters. The zero-order valence-electron chi connectivity index (χ0n) is 18.5. The Kier molecular flexibility index (Phi) is 6.86. The van der Waals surface area contributed by atoms with Crippen molar-refractivity contribution in [3.05, 3.63) is 61.9 Å². The second-order valence-corrected chi connectivity index (χ2v) is 10.1. The molecule has 4 rings (SSSR count). The maximum atomic E-state index is 13.6. The molecular formula is C23H19F3IN5O2S. The molecular weight excluding hydrogens is 594 g/mol. The second kappa shape index (κ2) is 9.57. The third kappa shape index (κ3) is 5.32. The normalized spacial score (nSPS) is 11.7. The molecule has 0 radical (unpaired) electrons. The van der Waals surface area contributed by atoms with Crippen LogP contribution in [0.4, 0.5) is 18.9 Å². The van der Waals surface area contributed by atoms with E-state index in [1.165, 1.54) is 0 Å². The van der Waals surface area contributed by atoms with Gasteiger partial charge >= 0.3 is 6.18 Å². The topological polar surface area (TPSA) is 103 Å². The van der Waals surface area contributed by atoms with Crippen molar-refractivity contribution in [2.45, 2.75) is 33.0 Å². The first kappa shape index (κ1) is 25.1. The van der Waals surface area contributed by atoms with Gasteiger partial charge in [-0.05, 0) is 53.6 Å². The summed E-state index contributed by atoms with van der Waals surface area (Å²) in [5, 5.41) is 7.24. The van der Waals surface area contributed by atoms with E-state index in [1.807, 2.05) is 13.8 Å². The van der Waals surface area contributed by atoms with Crippen LogP contribution in [0, 0.1) is 17.4 Å². The number of nitrogens with one attached hydrogen (secondary N) is 1. The van der Waals surface area contributed by atoms with Gasteiger partial charge in [0, 0.05) is 24.5 Å². The Morgan fingerprint density at radius 1 is 1.20 bits per heavy atom. The number of primary amides is 1. The van der Waals surface area contributed by atoms with Crippen molar-refractivity contribution >= 4 is 61.6 Å². The van der Waals surface area contributed by atoms with Crippen LogP contribution >= 0.6 is 33.9 Å². The van der Waals surface area contributed by atoms with Gasteiger partial charge in [-0.3, -0.25) is 14.3 Å². The number of anilines is 1. The molecule has 3 N–H and O–H groups in total. The zero-order valence-corrected chi connectivity index (χ0v) is 21.5. The summed E-state index contributed by atoms with van der Waals surface area (Å²) in [6.45, 7) is 3.99. The van der Waals surface area contributed by atoms with Crippen molar-refractivity contribution in [3.63, 3.8) is 0 Å². The van der Waals surface area contributed by atoms with Crippen LogP contribution < -0.4 is 11.1 Å². The van der Waals surface area contributed by atoms with E-state index in [9.17, 15) is 22.8 Å². The molecule has 0 aliphatic heterocycles.